The minimum atomic E-state index is 0.273. The maximum atomic E-state index is 8.82. The second-order valence-electron chi connectivity index (χ2n) is 2.43. The molecular formula is C8H8N4S. The number of rotatable bonds is 1. The van der Waals surface area contributed by atoms with Gasteiger partial charge >= 0.3 is 0 Å². The molecule has 2 N–H and O–H groups in total. The second-order valence-corrected chi connectivity index (χ2v) is 3.22. The number of nitrogen functional groups attached to an aromatic ring is 1. The molecule has 0 spiro atoms. The fourth-order valence-electron chi connectivity index (χ4n) is 1.14. The van der Waals surface area contributed by atoms with Gasteiger partial charge in [-0.1, -0.05) is 0 Å². The van der Waals surface area contributed by atoms with Crippen LogP contribution >= 0.6 is 11.8 Å². The highest BCUT2D eigenvalue weighted by Gasteiger charge is 2.17. The van der Waals surface area contributed by atoms with Crippen LogP contribution in [0.5, 0.6) is 0 Å². The van der Waals surface area contributed by atoms with Crippen molar-refractivity contribution in [3.05, 3.63) is 11.1 Å². The number of anilines is 1. The summed E-state index contributed by atoms with van der Waals surface area (Å²) in [5.41, 5.74) is 6.28. The third-order valence-corrected chi connectivity index (χ3v) is 2.67. The summed E-state index contributed by atoms with van der Waals surface area (Å²) in [5.74, 6) is 0.350. The molecule has 0 aromatic carbocycles. The van der Waals surface area contributed by atoms with Crippen molar-refractivity contribution in [2.75, 3.05) is 12.0 Å². The molecule has 0 radical (unpaired) electrons. The van der Waals surface area contributed by atoms with E-state index < -0.39 is 0 Å². The van der Waals surface area contributed by atoms with Crippen LogP contribution in [0.4, 0.5) is 5.82 Å². The van der Waals surface area contributed by atoms with E-state index in [2.05, 4.69) is 0 Å². The van der Waals surface area contributed by atoms with Crippen LogP contribution in [0.1, 0.15) is 11.1 Å². The van der Waals surface area contributed by atoms with Gasteiger partial charge in [0, 0.05) is 7.05 Å². The van der Waals surface area contributed by atoms with Crippen molar-refractivity contribution in [1.82, 2.24) is 4.57 Å². The van der Waals surface area contributed by atoms with Crippen molar-refractivity contribution in [3.63, 3.8) is 0 Å². The number of thioether (sulfide) groups is 1. The van der Waals surface area contributed by atoms with Gasteiger partial charge in [-0.15, -0.1) is 11.8 Å². The van der Waals surface area contributed by atoms with E-state index in [0.717, 1.165) is 5.03 Å². The predicted molar refractivity (Wildman–Crippen MR) is 51.0 cm³/mol. The summed E-state index contributed by atoms with van der Waals surface area (Å²) < 4.78 is 1.65. The lowest BCUT2D eigenvalue weighted by atomic mass is 10.2. The van der Waals surface area contributed by atoms with Crippen LogP contribution in [0.25, 0.3) is 0 Å². The topological polar surface area (TPSA) is 78.5 Å². The lowest BCUT2D eigenvalue weighted by Crippen LogP contribution is -1.97. The zero-order valence-electron chi connectivity index (χ0n) is 7.33. The molecule has 66 valence electrons. The quantitative estimate of drug-likeness (QED) is 0.675. The Kier molecular flexibility index (Phi) is 2.50. The molecule has 1 rings (SSSR count). The molecule has 0 aliphatic rings. The number of nitrogens with two attached hydrogens (primary N) is 1. The molecule has 0 aliphatic heterocycles. The van der Waals surface area contributed by atoms with E-state index in [4.69, 9.17) is 16.3 Å². The van der Waals surface area contributed by atoms with Crippen molar-refractivity contribution in [3.8, 4) is 12.1 Å². The number of aromatic nitrogens is 1. The Morgan fingerprint density at radius 3 is 2.23 bits per heavy atom. The van der Waals surface area contributed by atoms with Gasteiger partial charge in [0.15, 0.2) is 0 Å². The van der Waals surface area contributed by atoms with Crippen LogP contribution < -0.4 is 5.73 Å². The fourth-order valence-corrected chi connectivity index (χ4v) is 1.86. The Hall–Kier alpha value is -1.59. The molecular weight excluding hydrogens is 184 g/mol. The number of nitrogens with zero attached hydrogens (tertiary/aromatic N) is 3. The van der Waals surface area contributed by atoms with Crippen molar-refractivity contribution in [2.45, 2.75) is 5.03 Å². The molecule has 1 aromatic heterocycles. The van der Waals surface area contributed by atoms with Gasteiger partial charge in [-0.2, -0.15) is 10.5 Å². The van der Waals surface area contributed by atoms with Crippen molar-refractivity contribution >= 4 is 17.6 Å². The molecule has 1 heterocycles. The summed E-state index contributed by atoms with van der Waals surface area (Å²) in [4.78, 5) is 0. The summed E-state index contributed by atoms with van der Waals surface area (Å²) in [7, 11) is 1.74. The van der Waals surface area contributed by atoms with Gasteiger partial charge in [-0.05, 0) is 6.26 Å². The zero-order chi connectivity index (χ0) is 10.0. The lowest BCUT2D eigenvalue weighted by Gasteiger charge is -1.99. The number of hydrogen-bond donors (Lipinski definition) is 1. The number of hydrogen-bond acceptors (Lipinski definition) is 4. The largest absolute Gasteiger partial charge is 0.384 e. The molecule has 13 heavy (non-hydrogen) atoms. The molecule has 0 bridgehead atoms. The average molecular weight is 192 g/mol. The molecule has 1 aromatic rings. The Bertz CT molecular complexity index is 419. The molecule has 4 nitrogen and oxygen atoms in total. The summed E-state index contributed by atoms with van der Waals surface area (Å²) in [6.45, 7) is 0. The van der Waals surface area contributed by atoms with E-state index in [-0.39, 0.29) is 5.56 Å². The molecule has 0 saturated carbocycles. The Balaban J connectivity index is 3.58. The normalized spacial score (nSPS) is 9.23. The van der Waals surface area contributed by atoms with Crippen LogP contribution in [-0.4, -0.2) is 10.8 Å². The Morgan fingerprint density at radius 2 is 1.85 bits per heavy atom. The monoisotopic (exact) mass is 192 g/mol. The van der Waals surface area contributed by atoms with Gasteiger partial charge in [0.25, 0.3) is 0 Å². The van der Waals surface area contributed by atoms with Crippen LogP contribution in [0.3, 0.4) is 0 Å². The number of nitriles is 2. The first kappa shape index (κ1) is 9.50. The van der Waals surface area contributed by atoms with Crippen LogP contribution in [0, 0.1) is 22.7 Å². The smallest absolute Gasteiger partial charge is 0.123 e. The SMILES string of the molecule is CSc1c(C#N)c(C#N)c(N)n1C. The highest BCUT2D eigenvalue weighted by atomic mass is 32.2. The zero-order valence-corrected chi connectivity index (χ0v) is 8.14. The van der Waals surface area contributed by atoms with E-state index in [0.29, 0.717) is 11.4 Å². The predicted octanol–water partition coefficient (Wildman–Crippen LogP) is 1.07. The fraction of sp³-hybridized carbons (Fsp3) is 0.250. The molecule has 0 amide bonds. The van der Waals surface area contributed by atoms with Gasteiger partial charge < -0.3 is 10.3 Å². The van der Waals surface area contributed by atoms with Crippen LogP contribution in [-0.2, 0) is 7.05 Å². The van der Waals surface area contributed by atoms with Crippen molar-refractivity contribution < 1.29 is 0 Å². The summed E-state index contributed by atoms with van der Waals surface area (Å²) in [6, 6.07) is 3.91. The van der Waals surface area contributed by atoms with Crippen molar-refractivity contribution in [2.24, 2.45) is 7.05 Å². The van der Waals surface area contributed by atoms with E-state index in [1.54, 1.807) is 11.6 Å². The lowest BCUT2D eigenvalue weighted by molar-refractivity contribution is 0.839. The first-order chi connectivity index (χ1) is 6.17. The summed E-state index contributed by atoms with van der Waals surface area (Å²) in [6.07, 6.45) is 1.84. The molecule has 5 heteroatoms. The standard InChI is InChI=1S/C8H8N4S/c1-12-7(11)5(3-9)6(4-10)8(12)13-2/h11H2,1-2H3. The van der Waals surface area contributed by atoms with E-state index >= 15 is 0 Å². The van der Waals surface area contributed by atoms with E-state index in [1.165, 1.54) is 11.8 Å². The second kappa shape index (κ2) is 3.42. The van der Waals surface area contributed by atoms with Gasteiger partial charge in [-0.3, -0.25) is 0 Å². The summed E-state index contributed by atoms with van der Waals surface area (Å²) >= 11 is 1.41. The third kappa shape index (κ3) is 1.24. The van der Waals surface area contributed by atoms with Gasteiger partial charge in [0.05, 0.1) is 5.03 Å². The molecule has 0 aliphatic carbocycles. The first-order valence-corrected chi connectivity index (χ1v) is 4.72. The molecule has 0 atom stereocenters. The Morgan fingerprint density at radius 1 is 1.31 bits per heavy atom. The van der Waals surface area contributed by atoms with Crippen molar-refractivity contribution in [1.29, 1.82) is 10.5 Å². The van der Waals surface area contributed by atoms with Gasteiger partial charge in [-0.25, -0.2) is 0 Å². The summed E-state index contributed by atoms with van der Waals surface area (Å²) in [5, 5.41) is 18.3. The maximum Gasteiger partial charge on any atom is 0.123 e. The van der Waals surface area contributed by atoms with Gasteiger partial charge in [0.2, 0.25) is 0 Å². The minimum Gasteiger partial charge on any atom is -0.384 e. The highest BCUT2D eigenvalue weighted by molar-refractivity contribution is 7.98. The van der Waals surface area contributed by atoms with E-state index in [9.17, 15) is 0 Å². The van der Waals surface area contributed by atoms with Crippen LogP contribution in [0.2, 0.25) is 0 Å². The van der Waals surface area contributed by atoms with Crippen LogP contribution in [0.15, 0.2) is 5.03 Å². The minimum absolute atomic E-state index is 0.273. The average Bonchev–Trinajstić information content (AvgIpc) is 2.38. The highest BCUT2D eigenvalue weighted by Crippen LogP contribution is 2.29. The molecule has 0 saturated heterocycles. The van der Waals surface area contributed by atoms with E-state index in [1.807, 2.05) is 18.4 Å². The van der Waals surface area contributed by atoms with Gasteiger partial charge in [0.1, 0.15) is 29.1 Å². The Labute approximate surface area is 80.6 Å². The first-order valence-electron chi connectivity index (χ1n) is 3.49. The third-order valence-electron chi connectivity index (χ3n) is 1.80. The maximum absolute atomic E-state index is 8.82. The molecule has 0 fully saturated rings. The molecule has 0 unspecified atom stereocenters.